The van der Waals surface area contributed by atoms with E-state index in [4.69, 9.17) is 9.97 Å². The number of aromatic nitrogens is 2. The van der Waals surface area contributed by atoms with Gasteiger partial charge in [0.05, 0.1) is 11.9 Å². The van der Waals surface area contributed by atoms with E-state index in [0.717, 1.165) is 35.1 Å². The van der Waals surface area contributed by atoms with Gasteiger partial charge in [0.1, 0.15) is 11.6 Å². The monoisotopic (exact) mass is 637 g/mol. The summed E-state index contributed by atoms with van der Waals surface area (Å²) in [5.74, 6) is 2.04. The van der Waals surface area contributed by atoms with Crippen LogP contribution in [-0.4, -0.2) is 9.97 Å². The summed E-state index contributed by atoms with van der Waals surface area (Å²) >= 11 is 0. The van der Waals surface area contributed by atoms with Crippen LogP contribution in [0, 0.1) is 12.7 Å². The van der Waals surface area contributed by atoms with Crippen molar-refractivity contribution in [1.29, 1.82) is 0 Å². The molecule has 3 aromatic carbocycles. The van der Waals surface area contributed by atoms with Crippen molar-refractivity contribution in [2.45, 2.75) is 43.9 Å². The fourth-order valence-electron chi connectivity index (χ4n) is 5.57. The van der Waals surface area contributed by atoms with Crippen molar-refractivity contribution in [3.05, 3.63) is 115 Å². The van der Waals surface area contributed by atoms with Gasteiger partial charge < -0.3 is 9.80 Å². The van der Waals surface area contributed by atoms with Crippen LogP contribution in [0.15, 0.2) is 91.1 Å². The molecule has 2 unspecified atom stereocenters. The van der Waals surface area contributed by atoms with Crippen LogP contribution in [0.3, 0.4) is 0 Å². The maximum Gasteiger partial charge on any atom is 0.145 e. The second kappa shape index (κ2) is 9.93. The third-order valence-electron chi connectivity index (χ3n) is 7.43. The topological polar surface area (TPSA) is 32.3 Å². The van der Waals surface area contributed by atoms with Gasteiger partial charge in [-0.05, 0) is 30.5 Å². The van der Waals surface area contributed by atoms with Gasteiger partial charge in [-0.1, -0.05) is 68.3 Å². The average Bonchev–Trinajstić information content (AvgIpc) is 3.29. The van der Waals surface area contributed by atoms with Crippen LogP contribution >= 0.6 is 0 Å². The van der Waals surface area contributed by atoms with Crippen LogP contribution in [0.2, 0.25) is 0 Å². The van der Waals surface area contributed by atoms with Gasteiger partial charge in [0, 0.05) is 37.1 Å². The summed E-state index contributed by atoms with van der Waals surface area (Å²) in [6.45, 7) is 4.49. The number of fused-ring (bicyclic) bond motifs is 1. The molecular formula is C30H28IrN4-2. The summed E-state index contributed by atoms with van der Waals surface area (Å²) in [5.41, 5.74) is 4.55. The second-order valence-electron chi connectivity index (χ2n) is 9.46. The Bertz CT molecular complexity index is 1270. The van der Waals surface area contributed by atoms with Gasteiger partial charge in [-0.25, -0.2) is 9.97 Å². The molecule has 0 saturated heterocycles. The molecule has 5 heteroatoms. The Balaban J connectivity index is 0.00000253. The predicted molar refractivity (Wildman–Crippen MR) is 137 cm³/mol. The van der Waals surface area contributed by atoms with E-state index in [-0.39, 0.29) is 25.5 Å². The zero-order chi connectivity index (χ0) is 23.0. The normalized spacial score (nSPS) is 21.3. The molecule has 0 N–H and O–H groups in total. The molecule has 0 bridgehead atoms. The number of benzene rings is 3. The Kier molecular flexibility index (Phi) is 6.73. The van der Waals surface area contributed by atoms with Gasteiger partial charge in [-0.15, -0.1) is 12.4 Å². The number of para-hydroxylation sites is 2. The summed E-state index contributed by atoms with van der Waals surface area (Å²) in [6, 6.07) is 32.7. The minimum atomic E-state index is 0. The zero-order valence-electron chi connectivity index (χ0n) is 19.8. The standard InChI is InChI=1S/C30H28N4.Ir/c1-30(23-13-5-2-6-14-23)20-12-11-19-26(30)27-21-31-28-29(32-27)34(25-17-9-4-10-18-25)22-33(28)24-15-7-3-8-16-24;/h2-10,13-17,21-22,26H,11-12,19-20H2,1H3;/q-2;. The minimum absolute atomic E-state index is 0. The van der Waals surface area contributed by atoms with E-state index >= 15 is 0 Å². The van der Waals surface area contributed by atoms with E-state index < -0.39 is 0 Å². The van der Waals surface area contributed by atoms with Gasteiger partial charge in [-0.3, -0.25) is 0 Å². The first kappa shape index (κ1) is 23.7. The quantitative estimate of drug-likeness (QED) is 0.220. The SMILES string of the molecule is CC1(c2ccccc2)CCCCC1c1cnc2c(n1)N(c1[c-]cccc1)[CH-]N2c1ccccc1.[Ir]. The van der Waals surface area contributed by atoms with Crippen molar-refractivity contribution in [3.8, 4) is 0 Å². The Hall–Kier alpha value is -3.01. The molecule has 2 heterocycles. The average molecular weight is 637 g/mol. The molecule has 0 spiro atoms. The molecule has 1 aromatic heterocycles. The Morgan fingerprint density at radius 1 is 0.886 bits per heavy atom. The second-order valence-corrected chi connectivity index (χ2v) is 9.46. The predicted octanol–water partition coefficient (Wildman–Crippen LogP) is 7.30. The van der Waals surface area contributed by atoms with E-state index in [1.54, 1.807) is 0 Å². The molecule has 4 nitrogen and oxygen atoms in total. The van der Waals surface area contributed by atoms with Crippen molar-refractivity contribution in [1.82, 2.24) is 9.97 Å². The summed E-state index contributed by atoms with van der Waals surface area (Å²) in [7, 11) is 0. The van der Waals surface area contributed by atoms with Crippen LogP contribution < -0.4 is 9.80 Å². The first-order valence-corrected chi connectivity index (χ1v) is 12.1. The van der Waals surface area contributed by atoms with Crippen molar-refractivity contribution in [2.24, 2.45) is 0 Å². The van der Waals surface area contributed by atoms with Crippen LogP contribution in [0.5, 0.6) is 0 Å². The molecule has 179 valence electrons. The van der Waals surface area contributed by atoms with Crippen molar-refractivity contribution in [3.63, 3.8) is 0 Å². The number of anilines is 4. The number of nitrogens with zero attached hydrogens (tertiary/aromatic N) is 4. The maximum absolute atomic E-state index is 5.30. The summed E-state index contributed by atoms with van der Waals surface area (Å²) < 4.78 is 0. The van der Waals surface area contributed by atoms with Gasteiger partial charge in [-0.2, -0.15) is 30.3 Å². The van der Waals surface area contributed by atoms with Crippen molar-refractivity contribution < 1.29 is 20.1 Å². The maximum atomic E-state index is 5.30. The summed E-state index contributed by atoms with van der Waals surface area (Å²) in [4.78, 5) is 14.5. The molecule has 2 aliphatic rings. The molecule has 2 atom stereocenters. The fourth-order valence-corrected chi connectivity index (χ4v) is 5.57. The van der Waals surface area contributed by atoms with Gasteiger partial charge in [0.15, 0.2) is 0 Å². The molecule has 1 aliphatic heterocycles. The third-order valence-corrected chi connectivity index (χ3v) is 7.43. The van der Waals surface area contributed by atoms with Crippen LogP contribution in [0.25, 0.3) is 0 Å². The minimum Gasteiger partial charge on any atom is -0.477 e. The first-order chi connectivity index (χ1) is 16.7. The summed E-state index contributed by atoms with van der Waals surface area (Å²) in [6.07, 6.45) is 6.78. The fraction of sp³-hybridized carbons (Fsp3) is 0.233. The first-order valence-electron chi connectivity index (χ1n) is 12.1. The van der Waals surface area contributed by atoms with E-state index in [1.807, 2.05) is 30.5 Å². The molecule has 1 fully saturated rings. The van der Waals surface area contributed by atoms with Gasteiger partial charge in [0.2, 0.25) is 0 Å². The molecule has 6 rings (SSSR count). The van der Waals surface area contributed by atoms with E-state index in [2.05, 4.69) is 90.1 Å². The van der Waals surface area contributed by atoms with E-state index in [0.29, 0.717) is 5.92 Å². The summed E-state index contributed by atoms with van der Waals surface area (Å²) in [5, 5.41) is 0. The number of rotatable bonds is 4. The molecular weight excluding hydrogens is 609 g/mol. The largest absolute Gasteiger partial charge is 0.477 e. The van der Waals surface area contributed by atoms with Crippen molar-refractivity contribution in [2.75, 3.05) is 9.80 Å². The van der Waals surface area contributed by atoms with Gasteiger partial charge in [0.25, 0.3) is 0 Å². The van der Waals surface area contributed by atoms with E-state index in [1.165, 1.54) is 24.8 Å². The number of hydrogen-bond donors (Lipinski definition) is 0. The smallest absolute Gasteiger partial charge is 0.145 e. The van der Waals surface area contributed by atoms with Crippen LogP contribution in [0.1, 0.15) is 49.8 Å². The van der Waals surface area contributed by atoms with E-state index in [9.17, 15) is 0 Å². The zero-order valence-corrected chi connectivity index (χ0v) is 22.2. The molecule has 0 amide bonds. The molecule has 1 aliphatic carbocycles. The molecule has 1 radical (unpaired) electrons. The molecule has 1 saturated carbocycles. The number of hydrogen-bond acceptors (Lipinski definition) is 4. The van der Waals surface area contributed by atoms with Crippen LogP contribution in [-0.2, 0) is 25.5 Å². The molecule has 35 heavy (non-hydrogen) atoms. The van der Waals surface area contributed by atoms with Crippen LogP contribution in [0.4, 0.5) is 23.0 Å². The molecule has 4 aromatic rings. The Morgan fingerprint density at radius 3 is 2.37 bits per heavy atom. The third kappa shape index (κ3) is 4.28. The Labute approximate surface area is 221 Å². The van der Waals surface area contributed by atoms with Crippen molar-refractivity contribution >= 4 is 23.0 Å². The van der Waals surface area contributed by atoms with Gasteiger partial charge >= 0.3 is 0 Å². The Morgan fingerprint density at radius 2 is 1.63 bits per heavy atom.